The van der Waals surface area contributed by atoms with Gasteiger partial charge in [0.25, 0.3) is 0 Å². The predicted molar refractivity (Wildman–Crippen MR) is 85.7 cm³/mol. The van der Waals surface area contributed by atoms with Crippen molar-refractivity contribution in [1.29, 1.82) is 0 Å². The second-order valence-electron chi connectivity index (χ2n) is 5.97. The van der Waals surface area contributed by atoms with Crippen molar-refractivity contribution in [3.05, 3.63) is 29.3 Å². The fourth-order valence-corrected chi connectivity index (χ4v) is 4.41. The first-order valence-corrected chi connectivity index (χ1v) is 9.19. The summed E-state index contributed by atoms with van der Waals surface area (Å²) in [6, 6.07) is 5.73. The Morgan fingerprint density at radius 3 is 2.57 bits per heavy atom. The van der Waals surface area contributed by atoms with Gasteiger partial charge in [0.15, 0.2) is 0 Å². The van der Waals surface area contributed by atoms with Crippen LogP contribution in [0.4, 0.5) is 0 Å². The molecule has 1 saturated heterocycles. The fraction of sp³-hybridized carbons (Fsp3) is 0.625. The van der Waals surface area contributed by atoms with E-state index in [9.17, 15) is 8.42 Å². The number of hydrogen-bond donors (Lipinski definition) is 1. The number of sulfonamides is 1. The summed E-state index contributed by atoms with van der Waals surface area (Å²) in [5, 5.41) is 3.24. The Hall–Kier alpha value is -0.910. The Kier molecular flexibility index (Phi) is 5.41. The van der Waals surface area contributed by atoms with Crippen molar-refractivity contribution in [2.45, 2.75) is 45.1 Å². The third kappa shape index (κ3) is 3.84. The SMILES string of the molecule is CCNCc1ccc(C)c(S(=O)(=O)N2CCC(C)CC2)c1. The van der Waals surface area contributed by atoms with Gasteiger partial charge in [-0.2, -0.15) is 4.31 Å². The molecule has 1 aliphatic heterocycles. The molecule has 0 aliphatic carbocycles. The van der Waals surface area contributed by atoms with Gasteiger partial charge in [0, 0.05) is 19.6 Å². The van der Waals surface area contributed by atoms with Crippen molar-refractivity contribution < 1.29 is 8.42 Å². The van der Waals surface area contributed by atoms with Crippen molar-refractivity contribution in [1.82, 2.24) is 9.62 Å². The van der Waals surface area contributed by atoms with Gasteiger partial charge >= 0.3 is 0 Å². The molecule has 21 heavy (non-hydrogen) atoms. The highest BCUT2D eigenvalue weighted by Crippen LogP contribution is 2.26. The van der Waals surface area contributed by atoms with E-state index in [1.54, 1.807) is 4.31 Å². The predicted octanol–water partition coefficient (Wildman–Crippen LogP) is 2.53. The molecule has 0 amide bonds. The average molecular weight is 310 g/mol. The smallest absolute Gasteiger partial charge is 0.243 e. The summed E-state index contributed by atoms with van der Waals surface area (Å²) < 4.78 is 27.3. The molecule has 1 aliphatic rings. The van der Waals surface area contributed by atoms with E-state index in [2.05, 4.69) is 12.2 Å². The van der Waals surface area contributed by atoms with Crippen LogP contribution in [0.1, 0.15) is 37.8 Å². The Morgan fingerprint density at radius 1 is 1.29 bits per heavy atom. The first-order chi connectivity index (χ1) is 9.95. The van der Waals surface area contributed by atoms with Crippen LogP contribution >= 0.6 is 0 Å². The Labute approximate surface area is 128 Å². The molecule has 0 atom stereocenters. The number of piperidine rings is 1. The lowest BCUT2D eigenvalue weighted by molar-refractivity contribution is 0.288. The summed E-state index contributed by atoms with van der Waals surface area (Å²) in [5.74, 6) is 0.623. The number of nitrogens with zero attached hydrogens (tertiary/aromatic N) is 1. The Morgan fingerprint density at radius 2 is 1.95 bits per heavy atom. The maximum atomic E-state index is 12.8. The molecule has 0 aromatic heterocycles. The minimum Gasteiger partial charge on any atom is -0.313 e. The van der Waals surface area contributed by atoms with E-state index in [0.717, 1.165) is 30.5 Å². The van der Waals surface area contributed by atoms with Crippen LogP contribution < -0.4 is 5.32 Å². The largest absolute Gasteiger partial charge is 0.313 e. The molecule has 4 nitrogen and oxygen atoms in total. The second-order valence-corrected chi connectivity index (χ2v) is 7.87. The van der Waals surface area contributed by atoms with Gasteiger partial charge in [-0.1, -0.05) is 26.0 Å². The summed E-state index contributed by atoms with van der Waals surface area (Å²) in [5.41, 5.74) is 1.85. The van der Waals surface area contributed by atoms with E-state index in [1.165, 1.54) is 0 Å². The van der Waals surface area contributed by atoms with Crippen LogP contribution in [0.25, 0.3) is 0 Å². The zero-order valence-electron chi connectivity index (χ0n) is 13.2. The van der Waals surface area contributed by atoms with E-state index in [0.29, 0.717) is 30.4 Å². The molecule has 0 bridgehead atoms. The minimum absolute atomic E-state index is 0.465. The van der Waals surface area contributed by atoms with Crippen LogP contribution in [-0.4, -0.2) is 32.4 Å². The Balaban J connectivity index is 2.26. The van der Waals surface area contributed by atoms with Crippen LogP contribution in [0.5, 0.6) is 0 Å². The lowest BCUT2D eigenvalue weighted by atomic mass is 10.0. The highest BCUT2D eigenvalue weighted by molar-refractivity contribution is 7.89. The van der Waals surface area contributed by atoms with E-state index >= 15 is 0 Å². The number of rotatable bonds is 5. The second kappa shape index (κ2) is 6.90. The molecule has 1 heterocycles. The zero-order chi connectivity index (χ0) is 15.5. The summed E-state index contributed by atoms with van der Waals surface area (Å²) in [7, 11) is -3.36. The lowest BCUT2D eigenvalue weighted by Crippen LogP contribution is -2.38. The van der Waals surface area contributed by atoms with Crippen molar-refractivity contribution in [2.24, 2.45) is 5.92 Å². The fourth-order valence-electron chi connectivity index (χ4n) is 2.67. The summed E-state index contributed by atoms with van der Waals surface area (Å²) in [6.45, 7) is 8.96. The maximum Gasteiger partial charge on any atom is 0.243 e. The summed E-state index contributed by atoms with van der Waals surface area (Å²) in [4.78, 5) is 0.465. The quantitative estimate of drug-likeness (QED) is 0.909. The number of nitrogens with one attached hydrogen (secondary N) is 1. The molecule has 118 valence electrons. The number of benzene rings is 1. The summed E-state index contributed by atoms with van der Waals surface area (Å²) >= 11 is 0. The van der Waals surface area contributed by atoms with Gasteiger partial charge in [0.2, 0.25) is 10.0 Å². The van der Waals surface area contributed by atoms with Gasteiger partial charge in [-0.25, -0.2) is 8.42 Å². The minimum atomic E-state index is -3.36. The number of aryl methyl sites for hydroxylation is 1. The molecule has 0 saturated carbocycles. The first kappa shape index (κ1) is 16.5. The van der Waals surface area contributed by atoms with Gasteiger partial charge in [0.05, 0.1) is 4.90 Å². The maximum absolute atomic E-state index is 12.8. The third-order valence-electron chi connectivity index (χ3n) is 4.19. The van der Waals surface area contributed by atoms with Gasteiger partial charge in [-0.3, -0.25) is 0 Å². The van der Waals surface area contributed by atoms with Crippen molar-refractivity contribution in [2.75, 3.05) is 19.6 Å². The standard InChI is InChI=1S/C16H26N2O2S/c1-4-17-12-15-6-5-14(3)16(11-15)21(19,20)18-9-7-13(2)8-10-18/h5-6,11,13,17H,4,7-10,12H2,1-3H3. The van der Waals surface area contributed by atoms with Crippen LogP contribution in [0.15, 0.2) is 23.1 Å². The topological polar surface area (TPSA) is 49.4 Å². The molecule has 2 rings (SSSR count). The molecule has 0 radical (unpaired) electrons. The molecule has 0 spiro atoms. The van der Waals surface area contributed by atoms with Crippen molar-refractivity contribution in [3.63, 3.8) is 0 Å². The van der Waals surface area contributed by atoms with E-state index in [1.807, 2.05) is 32.0 Å². The van der Waals surface area contributed by atoms with Crippen LogP contribution in [0.3, 0.4) is 0 Å². The molecule has 1 N–H and O–H groups in total. The van der Waals surface area contributed by atoms with Crippen LogP contribution in [0, 0.1) is 12.8 Å². The molecule has 1 fully saturated rings. The summed E-state index contributed by atoms with van der Waals surface area (Å²) in [6.07, 6.45) is 1.91. The highest BCUT2D eigenvalue weighted by atomic mass is 32.2. The molecule has 5 heteroatoms. The van der Waals surface area contributed by atoms with E-state index < -0.39 is 10.0 Å². The number of hydrogen-bond acceptors (Lipinski definition) is 3. The van der Waals surface area contributed by atoms with Gasteiger partial charge in [0.1, 0.15) is 0 Å². The lowest BCUT2D eigenvalue weighted by Gasteiger charge is -2.30. The van der Waals surface area contributed by atoms with Crippen molar-refractivity contribution >= 4 is 10.0 Å². The molecule has 1 aromatic rings. The van der Waals surface area contributed by atoms with Crippen molar-refractivity contribution in [3.8, 4) is 0 Å². The van der Waals surface area contributed by atoms with Gasteiger partial charge < -0.3 is 5.32 Å². The first-order valence-electron chi connectivity index (χ1n) is 7.75. The van der Waals surface area contributed by atoms with Crippen LogP contribution in [0.2, 0.25) is 0 Å². The van der Waals surface area contributed by atoms with E-state index in [-0.39, 0.29) is 0 Å². The van der Waals surface area contributed by atoms with Gasteiger partial charge in [-0.05, 0) is 49.4 Å². The monoisotopic (exact) mass is 310 g/mol. The molecular weight excluding hydrogens is 284 g/mol. The normalized spacial score (nSPS) is 18.0. The van der Waals surface area contributed by atoms with Gasteiger partial charge in [-0.15, -0.1) is 0 Å². The molecule has 0 unspecified atom stereocenters. The zero-order valence-corrected chi connectivity index (χ0v) is 14.0. The van der Waals surface area contributed by atoms with Crippen LogP contribution in [-0.2, 0) is 16.6 Å². The highest BCUT2D eigenvalue weighted by Gasteiger charge is 2.29. The Bertz CT molecular complexity index is 576. The molecular formula is C16H26N2O2S. The average Bonchev–Trinajstić information content (AvgIpc) is 2.46. The molecule has 1 aromatic carbocycles. The third-order valence-corrected chi connectivity index (χ3v) is 6.23. The van der Waals surface area contributed by atoms with E-state index in [4.69, 9.17) is 0 Å².